The molecule has 0 fully saturated rings. The molecule has 6 aromatic heterocycles. The minimum atomic E-state index is 0.910. The van der Waals surface area contributed by atoms with E-state index in [0.717, 1.165) is 89.4 Å². The van der Waals surface area contributed by atoms with Gasteiger partial charge in [0.1, 0.15) is 22.3 Å². The Morgan fingerprint density at radius 2 is 0.422 bits per heavy atom. The Morgan fingerprint density at radius 1 is 0.129 bits per heavy atom. The number of furan rings is 2. The molecule has 147 heavy (non-hydrogen) atoms. The zero-order chi connectivity index (χ0) is 96.9. The number of nitrogens with zero attached hydrogens (tertiary/aromatic N) is 3. The van der Waals surface area contributed by atoms with Gasteiger partial charge in [0.25, 0.3) is 0 Å². The van der Waals surface area contributed by atoms with Crippen LogP contribution in [-0.4, -0.2) is 0 Å². The van der Waals surface area contributed by atoms with Gasteiger partial charge in [0.15, 0.2) is 0 Å². The van der Waals surface area contributed by atoms with Crippen LogP contribution in [0.15, 0.2) is 537 Å². The molecular weight excluding hydrogens is 1860 g/mol. The smallest absolute Gasteiger partial charge is 0.135 e. The van der Waals surface area contributed by atoms with E-state index in [1.165, 1.54) is 185 Å². The molecule has 0 spiro atoms. The third kappa shape index (κ3) is 15.5. The highest BCUT2D eigenvalue weighted by molar-refractivity contribution is 7.27. The highest BCUT2D eigenvalue weighted by atomic mass is 32.1. The van der Waals surface area contributed by atoms with Gasteiger partial charge in [-0.3, -0.25) is 0 Å². The standard InChI is InChI=1S/C52H33NS2.C46H29NOS.C40H25NOS/c1-2-12-34(13-3-1)35-24-28-37(29-25-35)53(48-21-11-20-47-44-17-7-9-23-50(44)55-52(47)48)38-30-26-36(27-31-38)39-32-33-42(41-15-5-4-14-40(39)41)45-18-10-19-46-43-16-6-8-22-49(43)54-51(45)46;1-2-10-30(11-3-1)31-18-21-33(22-19-31)47(34-23-27-46-41(29-34)39-15-7-9-17-45(39)49-46)42-25-24-35(36-12-4-5-13-37(36)42)32-20-26-44-40(28-32)38-14-6-8-16-43(38)48-44;1-2-10-27(11-3-1)41(28-19-23-40-35(25-28)33-15-7-9-17-39(33)43-40)36-21-20-29(30-12-4-5-13-31(30)36)26-18-22-38-34(24-26)32-14-6-8-16-37(32)42-38/h1-33H;1-29H;1-25H. The maximum absolute atomic E-state index is 6.16. The van der Waals surface area contributed by atoms with Crippen LogP contribution in [0.4, 0.5) is 51.2 Å². The number of para-hydroxylation sites is 3. The van der Waals surface area contributed by atoms with E-state index >= 15 is 0 Å². The summed E-state index contributed by atoms with van der Waals surface area (Å²) in [6.07, 6.45) is 0. The Hall–Kier alpha value is -18.1. The molecule has 30 aromatic rings. The van der Waals surface area contributed by atoms with Gasteiger partial charge in [0.05, 0.1) is 21.8 Å². The first kappa shape index (κ1) is 86.8. The zero-order valence-corrected chi connectivity index (χ0v) is 82.8. The lowest BCUT2D eigenvalue weighted by Gasteiger charge is -2.28. The van der Waals surface area contributed by atoms with Crippen molar-refractivity contribution in [3.05, 3.63) is 528 Å². The van der Waals surface area contributed by atoms with Gasteiger partial charge in [0.2, 0.25) is 0 Å². The summed E-state index contributed by atoms with van der Waals surface area (Å²) in [5.74, 6) is 0. The van der Waals surface area contributed by atoms with Crippen molar-refractivity contribution in [1.29, 1.82) is 0 Å². The average molecular weight is 1950 g/mol. The molecule has 0 atom stereocenters. The number of rotatable bonds is 15. The van der Waals surface area contributed by atoms with Crippen LogP contribution < -0.4 is 14.7 Å². The molecule has 0 unspecified atom stereocenters. The van der Waals surface area contributed by atoms with Gasteiger partial charge in [-0.05, 0) is 247 Å². The topological polar surface area (TPSA) is 36.0 Å². The molecule has 0 amide bonds. The van der Waals surface area contributed by atoms with Crippen molar-refractivity contribution in [2.75, 3.05) is 14.7 Å². The molecule has 0 saturated heterocycles. The number of fused-ring (bicyclic) bond motifs is 21. The second-order valence-corrected chi connectivity index (χ2v) is 41.8. The van der Waals surface area contributed by atoms with E-state index in [1.54, 1.807) is 0 Å². The predicted molar refractivity (Wildman–Crippen MR) is 635 cm³/mol. The quantitative estimate of drug-likeness (QED) is 0.102. The van der Waals surface area contributed by atoms with Crippen molar-refractivity contribution in [3.8, 4) is 66.8 Å². The molecule has 0 aliphatic carbocycles. The molecule has 0 aliphatic rings. The van der Waals surface area contributed by atoms with Gasteiger partial charge in [-0.2, -0.15) is 0 Å². The van der Waals surface area contributed by atoms with E-state index in [4.69, 9.17) is 8.83 Å². The molecule has 6 heterocycles. The lowest BCUT2D eigenvalue weighted by atomic mass is 9.91. The second kappa shape index (κ2) is 36.7. The van der Waals surface area contributed by atoms with Crippen LogP contribution in [0.5, 0.6) is 0 Å². The molecule has 9 heteroatoms. The summed E-state index contributed by atoms with van der Waals surface area (Å²) in [4.78, 5) is 7.23. The van der Waals surface area contributed by atoms with Crippen molar-refractivity contribution in [3.63, 3.8) is 0 Å². The first-order chi connectivity index (χ1) is 72.9. The molecule has 0 bridgehead atoms. The molecule has 24 aromatic carbocycles. The maximum atomic E-state index is 6.16. The zero-order valence-electron chi connectivity index (χ0n) is 79.5. The molecule has 30 rings (SSSR count). The van der Waals surface area contributed by atoms with Crippen LogP contribution in [0.2, 0.25) is 0 Å². The Morgan fingerprint density at radius 3 is 0.891 bits per heavy atom. The third-order valence-electron chi connectivity index (χ3n) is 29.1. The molecule has 5 nitrogen and oxygen atoms in total. The van der Waals surface area contributed by atoms with Crippen LogP contribution in [0.25, 0.3) is 224 Å². The Kier molecular flexibility index (Phi) is 21.7. The van der Waals surface area contributed by atoms with Gasteiger partial charge in [-0.15, -0.1) is 45.3 Å². The summed E-state index contributed by atoms with van der Waals surface area (Å²) in [5, 5.41) is 22.3. The van der Waals surface area contributed by atoms with Gasteiger partial charge >= 0.3 is 0 Å². The predicted octanol–water partition coefficient (Wildman–Crippen LogP) is 42.2. The summed E-state index contributed by atoms with van der Waals surface area (Å²) in [6, 6.07) is 191. The molecule has 0 aliphatic heterocycles. The third-order valence-corrected chi connectivity index (χ3v) is 33.8. The van der Waals surface area contributed by atoms with E-state index in [0.29, 0.717) is 0 Å². The summed E-state index contributed by atoms with van der Waals surface area (Å²) in [5.41, 5.74) is 28.5. The number of hydrogen-bond donors (Lipinski definition) is 0. The monoisotopic (exact) mass is 1950 g/mol. The van der Waals surface area contributed by atoms with Gasteiger partial charge in [0, 0.05) is 148 Å². The molecule has 0 N–H and O–H groups in total. The van der Waals surface area contributed by atoms with Crippen LogP contribution in [0.1, 0.15) is 0 Å². The van der Waals surface area contributed by atoms with E-state index in [1.807, 2.05) is 69.6 Å². The maximum Gasteiger partial charge on any atom is 0.135 e. The van der Waals surface area contributed by atoms with E-state index < -0.39 is 0 Å². The van der Waals surface area contributed by atoms with Crippen molar-refractivity contribution in [2.24, 2.45) is 0 Å². The minimum Gasteiger partial charge on any atom is -0.456 e. The first-order valence-corrected chi connectivity index (χ1v) is 53.0. The Balaban J connectivity index is 0.000000107. The molecular formula is C138H87N3O2S4. The van der Waals surface area contributed by atoms with Crippen LogP contribution in [-0.2, 0) is 0 Å². The van der Waals surface area contributed by atoms with Crippen molar-refractivity contribution in [1.82, 2.24) is 0 Å². The number of thiophene rings is 4. The second-order valence-electron chi connectivity index (χ2n) is 37.5. The van der Waals surface area contributed by atoms with Crippen LogP contribution in [0, 0.1) is 0 Å². The number of hydrogen-bond acceptors (Lipinski definition) is 9. The largest absolute Gasteiger partial charge is 0.456 e. The number of benzene rings is 24. The summed E-state index contributed by atoms with van der Waals surface area (Å²) in [7, 11) is 0. The summed E-state index contributed by atoms with van der Waals surface area (Å²) in [6.45, 7) is 0. The average Bonchev–Trinajstić information content (AvgIpc) is 1.74. The lowest BCUT2D eigenvalue weighted by Crippen LogP contribution is -2.10. The van der Waals surface area contributed by atoms with Gasteiger partial charge in [-0.1, -0.05) is 364 Å². The van der Waals surface area contributed by atoms with Crippen molar-refractivity contribution >= 4 is 253 Å². The minimum absolute atomic E-state index is 0.910. The Labute approximate surface area is 864 Å². The van der Waals surface area contributed by atoms with Gasteiger partial charge < -0.3 is 23.5 Å². The lowest BCUT2D eigenvalue weighted by molar-refractivity contribution is 0.668. The van der Waals surface area contributed by atoms with Crippen LogP contribution >= 0.6 is 45.3 Å². The summed E-state index contributed by atoms with van der Waals surface area (Å²) < 4.78 is 22.8. The fraction of sp³-hybridized carbons (Fsp3) is 0. The highest BCUT2D eigenvalue weighted by Crippen LogP contribution is 2.53. The molecule has 0 radical (unpaired) electrons. The normalized spacial score (nSPS) is 11.7. The summed E-state index contributed by atoms with van der Waals surface area (Å²) >= 11 is 7.46. The fourth-order valence-electron chi connectivity index (χ4n) is 22.1. The van der Waals surface area contributed by atoms with E-state index in [9.17, 15) is 0 Å². The highest BCUT2D eigenvalue weighted by Gasteiger charge is 2.26. The molecule has 690 valence electrons. The fourth-order valence-corrected chi connectivity index (χ4v) is 26.7. The molecule has 0 saturated carbocycles. The SMILES string of the molecule is c1ccc(-c2ccc(N(c3ccc(-c4ccc(-c5cccc6c5sc5ccccc56)c5ccccc45)cc3)c3cccc4c3sc3ccccc34)cc2)cc1.c1ccc(-c2ccc(N(c3ccc4sc5ccccc5c4c3)c3ccc(-c4ccc5oc6ccccc6c5c4)c4ccccc34)cc2)cc1.c1ccc(N(c2ccc3sc4ccccc4c3c2)c2ccc(-c3ccc4oc5ccccc5c4c3)c3ccccc23)cc1. The van der Waals surface area contributed by atoms with Gasteiger partial charge in [-0.25, -0.2) is 0 Å². The van der Waals surface area contributed by atoms with E-state index in [-0.39, 0.29) is 0 Å². The van der Waals surface area contributed by atoms with Crippen LogP contribution in [0.3, 0.4) is 0 Å². The number of anilines is 9. The first-order valence-electron chi connectivity index (χ1n) is 49.8. The van der Waals surface area contributed by atoms with Crippen molar-refractivity contribution in [2.45, 2.75) is 0 Å². The van der Waals surface area contributed by atoms with Crippen molar-refractivity contribution < 1.29 is 8.83 Å². The Bertz CT molecular complexity index is 10400. The van der Waals surface area contributed by atoms with E-state index in [2.05, 4.69) is 518 Å².